The summed E-state index contributed by atoms with van der Waals surface area (Å²) >= 11 is 5.96. The number of aromatic nitrogens is 1. The molecular formula is C24H25ClFN3O3. The van der Waals surface area contributed by atoms with Crippen LogP contribution in [0.2, 0.25) is 5.02 Å². The minimum atomic E-state index is -0.403. The molecule has 0 saturated heterocycles. The van der Waals surface area contributed by atoms with Gasteiger partial charge in [0.15, 0.2) is 11.5 Å². The molecule has 168 valence electrons. The van der Waals surface area contributed by atoms with Crippen LogP contribution in [0.4, 0.5) is 4.39 Å². The number of benzene rings is 2. The molecule has 3 aromatic rings. The van der Waals surface area contributed by atoms with E-state index in [2.05, 4.69) is 10.5 Å². The maximum absolute atomic E-state index is 13.3. The second-order valence-electron chi connectivity index (χ2n) is 7.40. The highest BCUT2D eigenvalue weighted by Gasteiger charge is 2.25. The summed E-state index contributed by atoms with van der Waals surface area (Å²) in [5.74, 6) is -0.638. The molecule has 0 bridgehead atoms. The molecule has 0 aliphatic rings. The highest BCUT2D eigenvalue weighted by molar-refractivity contribution is 6.30. The molecule has 0 radical (unpaired) electrons. The second kappa shape index (κ2) is 10.9. The zero-order valence-corrected chi connectivity index (χ0v) is 18.7. The first-order valence-electron chi connectivity index (χ1n) is 10.5. The van der Waals surface area contributed by atoms with Crippen LogP contribution < -0.4 is 5.32 Å². The Morgan fingerprint density at radius 2 is 1.84 bits per heavy atom. The fourth-order valence-corrected chi connectivity index (χ4v) is 3.65. The summed E-state index contributed by atoms with van der Waals surface area (Å²) in [5.41, 5.74) is 1.37. The normalized spacial score (nSPS) is 10.9. The molecule has 0 saturated carbocycles. The lowest BCUT2D eigenvalue weighted by molar-refractivity contribution is 0.0627. The summed E-state index contributed by atoms with van der Waals surface area (Å²) in [6, 6.07) is 14.1. The van der Waals surface area contributed by atoms with E-state index in [-0.39, 0.29) is 30.1 Å². The Kier molecular flexibility index (Phi) is 8.00. The molecule has 0 aliphatic heterocycles. The fraction of sp³-hybridized carbons (Fsp3) is 0.292. The first-order valence-corrected chi connectivity index (χ1v) is 10.8. The van der Waals surface area contributed by atoms with Crippen LogP contribution in [0, 0.1) is 5.82 Å². The zero-order valence-electron chi connectivity index (χ0n) is 18.0. The van der Waals surface area contributed by atoms with E-state index in [0.29, 0.717) is 22.9 Å². The number of halogens is 2. The van der Waals surface area contributed by atoms with Gasteiger partial charge in [0.05, 0.1) is 6.54 Å². The van der Waals surface area contributed by atoms with Crippen LogP contribution in [0.1, 0.15) is 58.9 Å². The molecule has 0 atom stereocenters. The van der Waals surface area contributed by atoms with Crippen LogP contribution in [-0.4, -0.2) is 27.9 Å². The van der Waals surface area contributed by atoms with E-state index in [0.717, 1.165) is 18.4 Å². The third kappa shape index (κ3) is 5.95. The molecule has 2 amide bonds. The zero-order chi connectivity index (χ0) is 23.1. The molecule has 1 N–H and O–H groups in total. The summed E-state index contributed by atoms with van der Waals surface area (Å²) in [6.07, 6.45) is 1.48. The molecule has 0 fully saturated rings. The molecule has 6 nitrogen and oxygen atoms in total. The Balaban J connectivity index is 1.71. The molecule has 2 aromatic carbocycles. The Morgan fingerprint density at radius 3 is 2.50 bits per heavy atom. The minimum Gasteiger partial charge on any atom is -0.359 e. The predicted molar refractivity (Wildman–Crippen MR) is 120 cm³/mol. The van der Waals surface area contributed by atoms with Crippen molar-refractivity contribution >= 4 is 23.4 Å². The van der Waals surface area contributed by atoms with Gasteiger partial charge in [-0.15, -0.1) is 0 Å². The van der Waals surface area contributed by atoms with Crippen molar-refractivity contribution in [1.82, 2.24) is 15.4 Å². The lowest BCUT2D eigenvalue weighted by atomic mass is 10.1. The van der Waals surface area contributed by atoms with Gasteiger partial charge in [0, 0.05) is 29.2 Å². The Morgan fingerprint density at radius 1 is 1.12 bits per heavy atom. The lowest BCUT2D eigenvalue weighted by Gasteiger charge is -2.29. The molecule has 8 heteroatoms. The molecule has 1 aromatic heterocycles. The van der Waals surface area contributed by atoms with Gasteiger partial charge in [0.25, 0.3) is 11.8 Å². The second-order valence-corrected chi connectivity index (χ2v) is 7.84. The Labute approximate surface area is 191 Å². The van der Waals surface area contributed by atoms with E-state index >= 15 is 0 Å². The summed E-state index contributed by atoms with van der Waals surface area (Å²) < 4.78 is 18.6. The first-order chi connectivity index (χ1) is 15.4. The first kappa shape index (κ1) is 23.5. The number of amides is 2. The van der Waals surface area contributed by atoms with E-state index in [1.807, 2.05) is 26.0 Å². The monoisotopic (exact) mass is 457 g/mol. The maximum Gasteiger partial charge on any atom is 0.273 e. The average Bonchev–Trinajstić information content (AvgIpc) is 3.26. The standard InChI is InChI=1S/C24H25ClFN3O3/c1-3-20(4-2)29(24(31)17-8-10-19(26)11-9-17)15-21-13-22(28-32-21)23(30)27-14-16-6-5-7-18(25)12-16/h5-13,20H,3-4,14-15H2,1-2H3,(H,27,30). The van der Waals surface area contributed by atoms with Crippen molar-refractivity contribution in [3.63, 3.8) is 0 Å². The van der Waals surface area contributed by atoms with Crippen molar-refractivity contribution < 1.29 is 18.5 Å². The lowest BCUT2D eigenvalue weighted by Crippen LogP contribution is -2.39. The topological polar surface area (TPSA) is 75.4 Å². The van der Waals surface area contributed by atoms with Crippen LogP contribution in [0.5, 0.6) is 0 Å². The van der Waals surface area contributed by atoms with Crippen LogP contribution in [0.25, 0.3) is 0 Å². The van der Waals surface area contributed by atoms with Gasteiger partial charge in [0.2, 0.25) is 0 Å². The molecule has 3 rings (SSSR count). The Bertz CT molecular complexity index is 1060. The molecule has 0 aliphatic carbocycles. The molecule has 0 spiro atoms. The van der Waals surface area contributed by atoms with Gasteiger partial charge in [-0.05, 0) is 54.8 Å². The van der Waals surface area contributed by atoms with Crippen molar-refractivity contribution in [2.24, 2.45) is 0 Å². The van der Waals surface area contributed by atoms with Crippen molar-refractivity contribution in [1.29, 1.82) is 0 Å². The van der Waals surface area contributed by atoms with E-state index in [1.54, 1.807) is 17.0 Å². The van der Waals surface area contributed by atoms with E-state index in [4.69, 9.17) is 16.1 Å². The highest BCUT2D eigenvalue weighted by Crippen LogP contribution is 2.19. The molecule has 32 heavy (non-hydrogen) atoms. The third-order valence-electron chi connectivity index (χ3n) is 5.20. The number of carbonyl (C=O) groups excluding carboxylic acids is 2. The van der Waals surface area contributed by atoms with Gasteiger partial charge in [-0.25, -0.2) is 4.39 Å². The summed E-state index contributed by atoms with van der Waals surface area (Å²) in [5, 5.41) is 7.22. The smallest absolute Gasteiger partial charge is 0.273 e. The average molecular weight is 458 g/mol. The van der Waals surface area contributed by atoms with Crippen LogP contribution >= 0.6 is 11.6 Å². The number of hydrogen-bond donors (Lipinski definition) is 1. The van der Waals surface area contributed by atoms with E-state index in [1.165, 1.54) is 30.3 Å². The third-order valence-corrected chi connectivity index (χ3v) is 5.43. The number of carbonyl (C=O) groups is 2. The number of nitrogens with one attached hydrogen (secondary N) is 1. The van der Waals surface area contributed by atoms with Crippen LogP contribution in [-0.2, 0) is 13.1 Å². The van der Waals surface area contributed by atoms with Crippen LogP contribution in [0.3, 0.4) is 0 Å². The van der Waals surface area contributed by atoms with Crippen molar-refractivity contribution in [2.45, 2.75) is 45.8 Å². The molecular weight excluding hydrogens is 433 g/mol. The largest absolute Gasteiger partial charge is 0.359 e. The summed E-state index contributed by atoms with van der Waals surface area (Å²) in [7, 11) is 0. The van der Waals surface area contributed by atoms with E-state index < -0.39 is 5.82 Å². The van der Waals surface area contributed by atoms with Gasteiger partial charge in [-0.2, -0.15) is 0 Å². The van der Waals surface area contributed by atoms with Crippen molar-refractivity contribution in [2.75, 3.05) is 0 Å². The molecule has 1 heterocycles. The van der Waals surface area contributed by atoms with Crippen molar-refractivity contribution in [3.8, 4) is 0 Å². The van der Waals surface area contributed by atoms with Gasteiger partial charge in [-0.1, -0.05) is 42.7 Å². The van der Waals surface area contributed by atoms with Crippen LogP contribution in [0.15, 0.2) is 59.1 Å². The summed E-state index contributed by atoms with van der Waals surface area (Å²) in [6.45, 7) is 4.43. The Hall–Kier alpha value is -3.19. The fourth-order valence-electron chi connectivity index (χ4n) is 3.44. The highest BCUT2D eigenvalue weighted by atomic mass is 35.5. The maximum atomic E-state index is 13.3. The van der Waals surface area contributed by atoms with Gasteiger partial charge in [0.1, 0.15) is 5.82 Å². The predicted octanol–water partition coefficient (Wildman–Crippen LogP) is 5.23. The number of rotatable bonds is 9. The van der Waals surface area contributed by atoms with Gasteiger partial charge >= 0.3 is 0 Å². The van der Waals surface area contributed by atoms with E-state index in [9.17, 15) is 14.0 Å². The molecule has 0 unspecified atom stereocenters. The summed E-state index contributed by atoms with van der Waals surface area (Å²) in [4.78, 5) is 27.2. The van der Waals surface area contributed by atoms with Crippen molar-refractivity contribution in [3.05, 3.63) is 88.0 Å². The minimum absolute atomic E-state index is 0.0437. The quantitative estimate of drug-likeness (QED) is 0.477. The number of nitrogens with zero attached hydrogens (tertiary/aromatic N) is 2. The van der Waals surface area contributed by atoms with Gasteiger partial charge < -0.3 is 14.7 Å². The number of hydrogen-bond acceptors (Lipinski definition) is 4. The van der Waals surface area contributed by atoms with Gasteiger partial charge in [-0.3, -0.25) is 9.59 Å². The SMILES string of the molecule is CCC(CC)N(Cc1cc(C(=O)NCc2cccc(Cl)c2)no1)C(=O)c1ccc(F)cc1.